The molecule has 5 saturated carbocycles. The van der Waals surface area contributed by atoms with E-state index in [1.165, 1.54) is 12.1 Å². The van der Waals surface area contributed by atoms with Crippen LogP contribution in [0.25, 0.3) is 0 Å². The minimum Gasteiger partial charge on any atom is -0.347 e. The van der Waals surface area contributed by atoms with E-state index >= 15 is 0 Å². The Labute approximate surface area is 142 Å². The molecular weight excluding hydrogens is 300 g/mol. The monoisotopic (exact) mass is 324 g/mol. The van der Waals surface area contributed by atoms with Gasteiger partial charge in [0.1, 0.15) is 0 Å². The summed E-state index contributed by atoms with van der Waals surface area (Å²) in [7, 11) is 0. The number of ether oxygens (including phenoxy) is 2. The van der Waals surface area contributed by atoms with E-state index in [-0.39, 0.29) is 5.79 Å². The van der Waals surface area contributed by atoms with Gasteiger partial charge in [0.2, 0.25) is 0 Å². The lowest BCUT2D eigenvalue weighted by atomic mass is 9.57. The van der Waals surface area contributed by atoms with Crippen LogP contribution in [-0.2, 0) is 15.9 Å². The molecule has 2 bridgehead atoms. The zero-order valence-corrected chi connectivity index (χ0v) is 13.8. The number of pyridine rings is 1. The highest BCUT2D eigenvalue weighted by Crippen LogP contribution is 2.86. The molecule has 0 aromatic carbocycles. The Morgan fingerprint density at radius 2 is 1.96 bits per heavy atom. The van der Waals surface area contributed by atoms with E-state index in [0.717, 1.165) is 61.7 Å². The number of hydrogen-bond donors (Lipinski definition) is 1. The van der Waals surface area contributed by atoms with Crippen LogP contribution in [0.15, 0.2) is 24.4 Å². The number of hydrogen-bond acceptors (Lipinski definition) is 4. The second kappa shape index (κ2) is 4.22. The Kier molecular flexibility index (Phi) is 2.33. The van der Waals surface area contributed by atoms with E-state index < -0.39 is 0 Å². The van der Waals surface area contributed by atoms with Gasteiger partial charge in [-0.15, -0.1) is 0 Å². The van der Waals surface area contributed by atoms with Crippen LogP contribution >= 0.6 is 0 Å². The molecule has 0 amide bonds. The highest BCUT2D eigenvalue weighted by Gasteiger charge is 2.88. The lowest BCUT2D eigenvalue weighted by molar-refractivity contribution is -0.264. The van der Waals surface area contributed by atoms with Crippen LogP contribution in [0.2, 0.25) is 0 Å². The molecule has 2 heterocycles. The maximum absolute atomic E-state index is 6.33. The van der Waals surface area contributed by atoms with Crippen molar-refractivity contribution in [2.45, 2.75) is 24.7 Å². The molecular formula is C20H24N2O2. The third-order valence-electron chi connectivity index (χ3n) is 8.61. The summed E-state index contributed by atoms with van der Waals surface area (Å²) in [6.45, 7) is 2.69. The second-order valence-electron chi connectivity index (χ2n) is 8.89. The number of nitrogens with one attached hydrogen (secondary N) is 1. The molecule has 0 radical (unpaired) electrons. The van der Waals surface area contributed by atoms with Crippen LogP contribution in [0.4, 0.5) is 0 Å². The SMILES string of the molecule is c1ccc(CCN[C@@H]2[C@H]3[C@H]4[C@@H]5C[C@@H]6[C@H]4[C@H]3C3(OCCO3)[C@@H]6[C@@H]52)nc1. The summed E-state index contributed by atoms with van der Waals surface area (Å²) in [5.41, 5.74) is 1.20. The summed E-state index contributed by atoms with van der Waals surface area (Å²) in [6.07, 6.45) is 4.40. The Balaban J connectivity index is 1.15. The van der Waals surface area contributed by atoms with E-state index in [9.17, 15) is 0 Å². The van der Waals surface area contributed by atoms with E-state index in [2.05, 4.69) is 22.4 Å². The lowest BCUT2D eigenvalue weighted by Gasteiger charge is -2.54. The van der Waals surface area contributed by atoms with E-state index in [1.807, 2.05) is 12.3 Å². The summed E-state index contributed by atoms with van der Waals surface area (Å²) in [5.74, 6) is 6.63. The van der Waals surface area contributed by atoms with Gasteiger partial charge in [0, 0.05) is 42.7 Å². The van der Waals surface area contributed by atoms with Crippen LogP contribution in [0.3, 0.4) is 0 Å². The normalized spacial score (nSPS) is 53.4. The zero-order valence-electron chi connectivity index (χ0n) is 13.8. The Bertz CT molecular complexity index is 688. The van der Waals surface area contributed by atoms with Gasteiger partial charge >= 0.3 is 0 Å². The Morgan fingerprint density at radius 3 is 2.79 bits per heavy atom. The van der Waals surface area contributed by atoms with Gasteiger partial charge in [-0.05, 0) is 54.1 Å². The van der Waals surface area contributed by atoms with Gasteiger partial charge in [0.25, 0.3) is 0 Å². The third kappa shape index (κ3) is 1.25. The molecule has 1 saturated heterocycles. The van der Waals surface area contributed by atoms with E-state index in [1.54, 1.807) is 0 Å². The predicted octanol–water partition coefficient (Wildman–Crippen LogP) is 1.71. The predicted molar refractivity (Wildman–Crippen MR) is 86.9 cm³/mol. The van der Waals surface area contributed by atoms with Gasteiger partial charge in [0.05, 0.1) is 13.2 Å². The quantitative estimate of drug-likeness (QED) is 0.916. The molecule has 4 heteroatoms. The van der Waals surface area contributed by atoms with Gasteiger partial charge in [-0.1, -0.05) is 6.07 Å². The van der Waals surface area contributed by atoms with Crippen LogP contribution in [-0.4, -0.2) is 36.6 Å². The number of rotatable bonds is 4. The Hall–Kier alpha value is -0.970. The van der Waals surface area contributed by atoms with Crippen molar-refractivity contribution in [1.82, 2.24) is 10.3 Å². The second-order valence-corrected chi connectivity index (χ2v) is 8.89. The van der Waals surface area contributed by atoms with Crippen molar-refractivity contribution in [3.63, 3.8) is 0 Å². The molecule has 5 aliphatic carbocycles. The van der Waals surface area contributed by atoms with Crippen LogP contribution in [0, 0.1) is 47.3 Å². The van der Waals surface area contributed by atoms with Crippen molar-refractivity contribution in [2.75, 3.05) is 19.8 Å². The smallest absolute Gasteiger partial charge is 0.175 e. The van der Waals surface area contributed by atoms with Crippen molar-refractivity contribution >= 4 is 0 Å². The van der Waals surface area contributed by atoms with Crippen LogP contribution in [0.1, 0.15) is 12.1 Å². The van der Waals surface area contributed by atoms with E-state index in [4.69, 9.17) is 9.47 Å². The first-order chi connectivity index (χ1) is 11.9. The summed E-state index contributed by atoms with van der Waals surface area (Å²) in [4.78, 5) is 4.46. The van der Waals surface area contributed by atoms with Gasteiger partial charge in [0.15, 0.2) is 5.79 Å². The highest BCUT2D eigenvalue weighted by molar-refractivity contribution is 5.34. The molecule has 1 aromatic rings. The molecule has 1 aliphatic heterocycles. The van der Waals surface area contributed by atoms with E-state index in [0.29, 0.717) is 17.9 Å². The van der Waals surface area contributed by atoms with Gasteiger partial charge in [-0.3, -0.25) is 4.98 Å². The number of nitrogens with zero attached hydrogens (tertiary/aromatic N) is 1. The van der Waals surface area contributed by atoms with Crippen molar-refractivity contribution < 1.29 is 9.47 Å². The average Bonchev–Trinajstić information content (AvgIpc) is 3.27. The number of aromatic nitrogens is 1. The fourth-order valence-corrected chi connectivity index (χ4v) is 8.50. The molecule has 24 heavy (non-hydrogen) atoms. The minimum atomic E-state index is -0.161. The summed E-state index contributed by atoms with van der Waals surface area (Å²) in [6, 6.07) is 6.93. The average molecular weight is 324 g/mol. The van der Waals surface area contributed by atoms with Gasteiger partial charge in [-0.25, -0.2) is 0 Å². The molecule has 6 fully saturated rings. The van der Waals surface area contributed by atoms with Crippen molar-refractivity contribution in [3.05, 3.63) is 30.1 Å². The highest BCUT2D eigenvalue weighted by atomic mass is 16.7. The molecule has 1 N–H and O–H groups in total. The Morgan fingerprint density at radius 1 is 1.04 bits per heavy atom. The van der Waals surface area contributed by atoms with Crippen molar-refractivity contribution in [1.29, 1.82) is 0 Å². The van der Waals surface area contributed by atoms with Crippen LogP contribution in [0.5, 0.6) is 0 Å². The largest absolute Gasteiger partial charge is 0.347 e. The van der Waals surface area contributed by atoms with Gasteiger partial charge < -0.3 is 14.8 Å². The summed E-state index contributed by atoms with van der Waals surface area (Å²) < 4.78 is 12.7. The molecule has 4 nitrogen and oxygen atoms in total. The molecule has 9 atom stereocenters. The summed E-state index contributed by atoms with van der Waals surface area (Å²) in [5, 5.41) is 3.96. The van der Waals surface area contributed by atoms with Crippen molar-refractivity contribution in [3.8, 4) is 0 Å². The first-order valence-corrected chi connectivity index (χ1v) is 9.81. The topological polar surface area (TPSA) is 43.4 Å². The molecule has 126 valence electrons. The molecule has 1 spiro atoms. The minimum absolute atomic E-state index is 0.161. The molecule has 0 unspecified atom stereocenters. The first kappa shape index (κ1) is 13.3. The zero-order chi connectivity index (χ0) is 15.5. The third-order valence-corrected chi connectivity index (χ3v) is 8.61. The lowest BCUT2D eigenvalue weighted by Crippen LogP contribution is -2.62. The van der Waals surface area contributed by atoms with Crippen molar-refractivity contribution in [2.24, 2.45) is 47.3 Å². The maximum Gasteiger partial charge on any atom is 0.175 e. The molecule has 1 aromatic heterocycles. The fraction of sp³-hybridized carbons (Fsp3) is 0.750. The molecule has 6 aliphatic rings. The summed E-state index contributed by atoms with van der Waals surface area (Å²) >= 11 is 0. The van der Waals surface area contributed by atoms with Gasteiger partial charge in [-0.2, -0.15) is 0 Å². The standard InChI is InChI=1S/C20H24N2O2/c1-2-5-21-10(3-1)4-6-22-19-15-11-9-12-14-13(11)16(19)18(14)20(17(12)15)23-7-8-24-20/h1-3,5,11-19,22H,4,6-9H2/t11-,12+,13-,14+,15+,16-,17-,18+,19-/m0/s1. The van der Waals surface area contributed by atoms with Crippen LogP contribution < -0.4 is 5.32 Å². The first-order valence-electron chi connectivity index (χ1n) is 9.81. The fourth-order valence-electron chi connectivity index (χ4n) is 8.50. The molecule has 7 rings (SSSR count). The maximum atomic E-state index is 6.33. The number of fused-ring (bicyclic) bond motifs is 4.